The summed E-state index contributed by atoms with van der Waals surface area (Å²) >= 11 is 0. The molecule has 8 nitrogen and oxygen atoms in total. The Hall–Kier alpha value is -4.93. The number of aromatic nitrogens is 3. The molecule has 2 heterocycles. The van der Waals surface area contributed by atoms with Crippen molar-refractivity contribution in [2.24, 2.45) is 5.92 Å². The number of nitrogens with zero attached hydrogens (tertiary/aromatic N) is 2. The number of carboxylic acid groups (broad SMARTS) is 1. The highest BCUT2D eigenvalue weighted by Crippen LogP contribution is 2.38. The molecule has 43 heavy (non-hydrogen) atoms. The molecule has 3 aromatic carbocycles. The number of nitrogens with one attached hydrogen (secondary N) is 2. The molecule has 5 aromatic rings. The fraction of sp³-hybridized carbons (Fsp3) is 0.250. The number of hydrogen-bond donors (Lipinski definition) is 3. The molecule has 0 aliphatic heterocycles. The number of aliphatic carboxylic acids is 1. The number of H-pyrrole nitrogens is 1. The van der Waals surface area contributed by atoms with Gasteiger partial charge in [0.25, 0.3) is 5.91 Å². The maximum absolute atomic E-state index is 13.7. The van der Waals surface area contributed by atoms with Gasteiger partial charge in [-0.2, -0.15) is 13.2 Å². The van der Waals surface area contributed by atoms with Crippen molar-refractivity contribution in [1.29, 1.82) is 0 Å². The summed E-state index contributed by atoms with van der Waals surface area (Å²) < 4.78 is 46.0. The molecule has 2 aromatic heterocycles. The van der Waals surface area contributed by atoms with Gasteiger partial charge in [-0.3, -0.25) is 9.59 Å². The zero-order valence-electron chi connectivity index (χ0n) is 22.8. The van der Waals surface area contributed by atoms with Gasteiger partial charge in [-0.15, -0.1) is 0 Å². The van der Waals surface area contributed by atoms with Crippen LogP contribution in [0.4, 0.5) is 18.9 Å². The smallest absolute Gasteiger partial charge is 0.452 e. The summed E-state index contributed by atoms with van der Waals surface area (Å²) in [5, 5.41) is 11.5. The average Bonchev–Trinajstić information content (AvgIpc) is 3.63. The molecule has 3 N–H and O–H groups in total. The second kappa shape index (κ2) is 11.4. The normalized spacial score (nSPS) is 17.2. The van der Waals surface area contributed by atoms with E-state index in [1.165, 1.54) is 5.56 Å². The molecule has 1 aliphatic rings. The fourth-order valence-corrected chi connectivity index (χ4v) is 5.64. The summed E-state index contributed by atoms with van der Waals surface area (Å²) in [5.74, 6) is -2.31. The van der Waals surface area contributed by atoms with E-state index < -0.39 is 29.5 Å². The number of oxazole rings is 1. The first-order chi connectivity index (χ1) is 20.6. The molecule has 0 bridgehead atoms. The van der Waals surface area contributed by atoms with Gasteiger partial charge >= 0.3 is 12.1 Å². The molecule has 220 valence electrons. The van der Waals surface area contributed by atoms with Gasteiger partial charge in [0.05, 0.1) is 11.0 Å². The first-order valence-electron chi connectivity index (χ1n) is 13.9. The van der Waals surface area contributed by atoms with Crippen LogP contribution in [0.15, 0.2) is 77.2 Å². The van der Waals surface area contributed by atoms with E-state index in [-0.39, 0.29) is 23.9 Å². The van der Waals surface area contributed by atoms with Crippen molar-refractivity contribution in [3.63, 3.8) is 0 Å². The summed E-state index contributed by atoms with van der Waals surface area (Å²) in [6.45, 7) is 0. The number of amides is 1. The summed E-state index contributed by atoms with van der Waals surface area (Å²) in [7, 11) is 0. The van der Waals surface area contributed by atoms with Crippen LogP contribution in [0.3, 0.4) is 0 Å². The minimum absolute atomic E-state index is 0.229. The number of hydrogen-bond acceptors (Lipinski definition) is 5. The van der Waals surface area contributed by atoms with Crippen molar-refractivity contribution in [3.8, 4) is 22.8 Å². The van der Waals surface area contributed by atoms with E-state index in [4.69, 9.17) is 9.52 Å². The molecule has 1 saturated carbocycles. The molecule has 6 rings (SSSR count). The number of carbonyl (C=O) groups excluding carboxylic acids is 1. The minimum Gasteiger partial charge on any atom is -0.481 e. The number of benzene rings is 3. The third kappa shape index (κ3) is 6.15. The second-order valence-corrected chi connectivity index (χ2v) is 10.8. The predicted octanol–water partition coefficient (Wildman–Crippen LogP) is 7.90. The SMILES string of the molecule is O=C(O)CC1CCC(c2ccc(-c3nc4ccc(NC(=O)c5nc(-c6ccccc6)oc5C(F)(F)F)cc4[nH]3)cc2)CC1. The number of rotatable bonds is 7. The van der Waals surface area contributed by atoms with Gasteiger partial charge in [0.15, 0.2) is 5.69 Å². The van der Waals surface area contributed by atoms with Gasteiger partial charge in [-0.25, -0.2) is 9.97 Å². The topological polar surface area (TPSA) is 121 Å². The molecule has 0 radical (unpaired) electrons. The van der Waals surface area contributed by atoms with E-state index in [9.17, 15) is 22.8 Å². The third-order valence-electron chi connectivity index (χ3n) is 7.83. The molecule has 11 heteroatoms. The van der Waals surface area contributed by atoms with Gasteiger partial charge in [0.2, 0.25) is 11.7 Å². The van der Waals surface area contributed by atoms with E-state index in [1.54, 1.807) is 48.5 Å². The van der Waals surface area contributed by atoms with Gasteiger partial charge in [0, 0.05) is 23.2 Å². The first kappa shape index (κ1) is 28.2. The number of carboxylic acids is 1. The van der Waals surface area contributed by atoms with E-state index in [2.05, 4.69) is 32.4 Å². The zero-order chi connectivity index (χ0) is 30.1. The van der Waals surface area contributed by atoms with Crippen LogP contribution >= 0.6 is 0 Å². The van der Waals surface area contributed by atoms with Crippen molar-refractivity contribution >= 4 is 28.6 Å². The lowest BCUT2D eigenvalue weighted by Crippen LogP contribution is -2.18. The predicted molar refractivity (Wildman–Crippen MR) is 153 cm³/mol. The number of fused-ring (bicyclic) bond motifs is 1. The number of imidazole rings is 1. The molecule has 0 unspecified atom stereocenters. The zero-order valence-corrected chi connectivity index (χ0v) is 22.8. The van der Waals surface area contributed by atoms with Crippen LogP contribution in [0.2, 0.25) is 0 Å². The van der Waals surface area contributed by atoms with Crippen molar-refractivity contribution < 1.29 is 32.3 Å². The van der Waals surface area contributed by atoms with Gasteiger partial charge in [-0.1, -0.05) is 42.5 Å². The second-order valence-electron chi connectivity index (χ2n) is 10.8. The van der Waals surface area contributed by atoms with Crippen molar-refractivity contribution in [3.05, 3.63) is 89.8 Å². The Bertz CT molecular complexity index is 1770. The molecular weight excluding hydrogens is 561 g/mol. The quantitative estimate of drug-likeness (QED) is 0.178. The summed E-state index contributed by atoms with van der Waals surface area (Å²) in [4.78, 5) is 35.6. The Kier molecular flexibility index (Phi) is 7.47. The highest BCUT2D eigenvalue weighted by Gasteiger charge is 2.42. The van der Waals surface area contributed by atoms with Crippen molar-refractivity contribution in [2.75, 3.05) is 5.32 Å². The molecule has 0 spiro atoms. The molecule has 1 fully saturated rings. The van der Waals surface area contributed by atoms with Crippen LogP contribution < -0.4 is 5.32 Å². The maximum atomic E-state index is 13.7. The summed E-state index contributed by atoms with van der Waals surface area (Å²) in [6, 6.07) is 21.0. The van der Waals surface area contributed by atoms with Crippen LogP contribution in [0.1, 0.15) is 59.8 Å². The third-order valence-corrected chi connectivity index (χ3v) is 7.83. The lowest BCUT2D eigenvalue weighted by atomic mass is 9.77. The highest BCUT2D eigenvalue weighted by molar-refractivity contribution is 6.04. The Morgan fingerprint density at radius 2 is 1.65 bits per heavy atom. The monoisotopic (exact) mass is 588 g/mol. The largest absolute Gasteiger partial charge is 0.481 e. The van der Waals surface area contributed by atoms with Crippen molar-refractivity contribution in [1.82, 2.24) is 15.0 Å². The van der Waals surface area contributed by atoms with Crippen LogP contribution in [0.25, 0.3) is 33.9 Å². The van der Waals surface area contributed by atoms with E-state index in [0.29, 0.717) is 28.3 Å². The number of alkyl halides is 3. The Labute approximate surface area is 244 Å². The standard InChI is InChI=1S/C32H27F3N4O4/c33-32(34,35)28-27(39-31(43-28)22-4-2-1-3-5-22)30(42)36-23-14-15-24-25(17-23)38-29(37-24)21-12-10-20(11-13-21)19-8-6-18(7-9-19)16-26(40)41/h1-5,10-15,17-19H,6-9,16H2,(H,36,42)(H,37,38)(H,40,41). The van der Waals surface area contributed by atoms with Crippen LogP contribution in [-0.2, 0) is 11.0 Å². The van der Waals surface area contributed by atoms with E-state index in [1.807, 2.05) is 12.1 Å². The van der Waals surface area contributed by atoms with Gasteiger partial charge in [0.1, 0.15) is 5.82 Å². The number of carbonyl (C=O) groups is 2. The molecule has 1 aliphatic carbocycles. The lowest BCUT2D eigenvalue weighted by molar-refractivity contribution is -0.153. The van der Waals surface area contributed by atoms with E-state index in [0.717, 1.165) is 31.2 Å². The number of aromatic amines is 1. The Balaban J connectivity index is 1.17. The molecule has 1 amide bonds. The van der Waals surface area contributed by atoms with Gasteiger partial charge < -0.3 is 19.8 Å². The Morgan fingerprint density at radius 1 is 0.930 bits per heavy atom. The molecule has 0 saturated heterocycles. The maximum Gasteiger partial charge on any atom is 0.452 e. The van der Waals surface area contributed by atoms with Crippen LogP contribution in [0.5, 0.6) is 0 Å². The fourth-order valence-electron chi connectivity index (χ4n) is 5.64. The van der Waals surface area contributed by atoms with Crippen LogP contribution in [-0.4, -0.2) is 31.9 Å². The summed E-state index contributed by atoms with van der Waals surface area (Å²) in [5.41, 5.74) is 3.00. The first-order valence-corrected chi connectivity index (χ1v) is 13.9. The summed E-state index contributed by atoms with van der Waals surface area (Å²) in [6.07, 6.45) is -0.948. The van der Waals surface area contributed by atoms with Crippen molar-refractivity contribution in [2.45, 2.75) is 44.2 Å². The average molecular weight is 589 g/mol. The minimum atomic E-state index is -4.91. The number of anilines is 1. The van der Waals surface area contributed by atoms with E-state index >= 15 is 0 Å². The van der Waals surface area contributed by atoms with Crippen LogP contribution in [0, 0.1) is 5.92 Å². The van der Waals surface area contributed by atoms with Gasteiger partial charge in [-0.05, 0) is 73.4 Å². The number of halogens is 3. The lowest BCUT2D eigenvalue weighted by Gasteiger charge is -2.28. The molecule has 0 atom stereocenters. The Morgan fingerprint density at radius 3 is 2.33 bits per heavy atom. The molecular formula is C32H27F3N4O4. The highest BCUT2D eigenvalue weighted by atomic mass is 19.4.